The van der Waals surface area contributed by atoms with Crippen LogP contribution in [-0.2, 0) is 11.3 Å². The second-order valence-electron chi connectivity index (χ2n) is 10.4. The normalized spacial score (nSPS) is 14.4. The number of ketones is 1. The van der Waals surface area contributed by atoms with Crippen molar-refractivity contribution < 1.29 is 14.7 Å². The molecular formula is C32H30N2O3S. The molecule has 0 saturated heterocycles. The van der Waals surface area contributed by atoms with Gasteiger partial charge in [0.1, 0.15) is 10.7 Å². The van der Waals surface area contributed by atoms with Crippen LogP contribution in [0.1, 0.15) is 65.7 Å². The summed E-state index contributed by atoms with van der Waals surface area (Å²) >= 11 is 1.34. The number of benzene rings is 2. The first-order valence-electron chi connectivity index (χ1n) is 13.3. The molecule has 6 heteroatoms. The lowest BCUT2D eigenvalue weighted by molar-refractivity contribution is -0.117. The predicted octanol–water partition coefficient (Wildman–Crippen LogP) is 8.23. The number of carbonyl (C=O) groups excluding carboxylic acids is 1. The molecule has 1 N–H and O–H groups in total. The Labute approximate surface area is 225 Å². The van der Waals surface area contributed by atoms with Gasteiger partial charge in [-0.15, -0.1) is 11.3 Å². The zero-order valence-corrected chi connectivity index (χ0v) is 22.5. The van der Waals surface area contributed by atoms with Crippen molar-refractivity contribution in [2.24, 2.45) is 0 Å². The van der Waals surface area contributed by atoms with Crippen LogP contribution in [0, 0.1) is 6.92 Å². The van der Waals surface area contributed by atoms with Gasteiger partial charge >= 0.3 is 5.97 Å². The molecule has 0 unspecified atom stereocenters. The van der Waals surface area contributed by atoms with Crippen molar-refractivity contribution in [1.82, 2.24) is 9.55 Å². The minimum Gasteiger partial charge on any atom is -0.477 e. The van der Waals surface area contributed by atoms with E-state index in [2.05, 4.69) is 54.0 Å². The Balaban J connectivity index is 1.55. The lowest BCUT2D eigenvalue weighted by Gasteiger charge is -2.23. The first-order chi connectivity index (χ1) is 18.4. The van der Waals surface area contributed by atoms with Gasteiger partial charge in [-0.3, -0.25) is 4.79 Å². The number of fused-ring (bicyclic) bond motifs is 2. The quantitative estimate of drug-likeness (QED) is 0.244. The minimum absolute atomic E-state index is 0.0479. The fourth-order valence-electron chi connectivity index (χ4n) is 6.01. The summed E-state index contributed by atoms with van der Waals surface area (Å²) in [4.78, 5) is 29.6. The molecule has 1 saturated carbocycles. The standard InChI is InChI=1S/C32H30N2O3S/c1-19-8-6-7-11-24(19)26-15-12-22-16-23(13-14-25(22)33-26)30-29(21-9-4-3-5-10-21)31-27(34(30)18-20(2)35)17-28(38-31)32(36)37/h6-8,11-17,21H,3-5,9-10,18H2,1-2H3,(H,36,37). The highest BCUT2D eigenvalue weighted by Crippen LogP contribution is 2.47. The number of aromatic carboxylic acids is 1. The van der Waals surface area contributed by atoms with E-state index in [4.69, 9.17) is 4.98 Å². The van der Waals surface area contributed by atoms with E-state index < -0.39 is 5.97 Å². The van der Waals surface area contributed by atoms with Crippen LogP contribution < -0.4 is 0 Å². The molecule has 192 valence electrons. The number of aryl methyl sites for hydroxylation is 1. The molecule has 5 nitrogen and oxygen atoms in total. The number of carboxylic acid groups (broad SMARTS) is 1. The summed E-state index contributed by atoms with van der Waals surface area (Å²) in [5.41, 5.74) is 8.36. The number of pyridine rings is 1. The number of hydrogen-bond acceptors (Lipinski definition) is 4. The Morgan fingerprint density at radius 3 is 2.55 bits per heavy atom. The summed E-state index contributed by atoms with van der Waals surface area (Å²) in [6, 6.07) is 20.6. The third-order valence-electron chi connectivity index (χ3n) is 7.76. The highest BCUT2D eigenvalue weighted by Gasteiger charge is 2.29. The monoisotopic (exact) mass is 522 g/mol. The summed E-state index contributed by atoms with van der Waals surface area (Å²) in [5, 5.41) is 10.8. The Hall–Kier alpha value is -3.77. The van der Waals surface area contributed by atoms with Gasteiger partial charge in [-0.1, -0.05) is 55.7 Å². The number of hydrogen-bond donors (Lipinski definition) is 1. The van der Waals surface area contributed by atoms with Crippen molar-refractivity contribution in [3.63, 3.8) is 0 Å². The zero-order chi connectivity index (χ0) is 26.4. The van der Waals surface area contributed by atoms with E-state index >= 15 is 0 Å². The van der Waals surface area contributed by atoms with E-state index in [0.29, 0.717) is 10.8 Å². The van der Waals surface area contributed by atoms with Crippen LogP contribution in [0.3, 0.4) is 0 Å². The lowest BCUT2D eigenvalue weighted by atomic mass is 9.83. The molecule has 38 heavy (non-hydrogen) atoms. The van der Waals surface area contributed by atoms with Crippen molar-refractivity contribution in [3.8, 4) is 22.5 Å². The van der Waals surface area contributed by atoms with Gasteiger partial charge in [0, 0.05) is 10.9 Å². The van der Waals surface area contributed by atoms with E-state index in [9.17, 15) is 14.7 Å². The van der Waals surface area contributed by atoms with Crippen molar-refractivity contribution in [3.05, 3.63) is 76.7 Å². The zero-order valence-electron chi connectivity index (χ0n) is 21.7. The van der Waals surface area contributed by atoms with Crippen molar-refractivity contribution in [1.29, 1.82) is 0 Å². The average Bonchev–Trinajstić information content (AvgIpc) is 3.47. The van der Waals surface area contributed by atoms with Crippen LogP contribution in [0.25, 0.3) is 43.6 Å². The van der Waals surface area contributed by atoms with E-state index in [1.165, 1.54) is 41.7 Å². The number of carboxylic acids is 1. The topological polar surface area (TPSA) is 72.2 Å². The van der Waals surface area contributed by atoms with Crippen LogP contribution in [0.4, 0.5) is 0 Å². The summed E-state index contributed by atoms with van der Waals surface area (Å²) in [5.74, 6) is -0.517. The second-order valence-corrected chi connectivity index (χ2v) is 11.5. The SMILES string of the molecule is CC(=O)Cn1c(-c2ccc3nc(-c4ccccc4C)ccc3c2)c(C2CCCCC2)c2sc(C(=O)O)cc21. The predicted molar refractivity (Wildman–Crippen MR) is 154 cm³/mol. The molecule has 0 atom stereocenters. The third kappa shape index (κ3) is 4.33. The summed E-state index contributed by atoms with van der Waals surface area (Å²) in [6.45, 7) is 3.91. The van der Waals surface area contributed by atoms with Crippen LogP contribution >= 0.6 is 11.3 Å². The second kappa shape index (κ2) is 9.84. The molecule has 3 aromatic heterocycles. The van der Waals surface area contributed by atoms with Gasteiger partial charge in [-0.25, -0.2) is 9.78 Å². The lowest BCUT2D eigenvalue weighted by Crippen LogP contribution is -2.10. The molecule has 0 radical (unpaired) electrons. The van der Waals surface area contributed by atoms with Crippen molar-refractivity contribution in [2.45, 2.75) is 58.4 Å². The molecule has 5 aromatic rings. The number of Topliss-reactive ketones (excluding diaryl/α,β-unsaturated/α-hetero) is 1. The number of rotatable bonds is 6. The van der Waals surface area contributed by atoms with E-state index in [1.807, 2.05) is 12.1 Å². The average molecular weight is 523 g/mol. The summed E-state index contributed by atoms with van der Waals surface area (Å²) in [7, 11) is 0. The molecule has 1 fully saturated rings. The number of nitrogens with zero attached hydrogens (tertiary/aromatic N) is 2. The maximum atomic E-state index is 12.4. The van der Waals surface area contributed by atoms with Crippen LogP contribution in [-0.4, -0.2) is 26.4 Å². The van der Waals surface area contributed by atoms with Crippen LogP contribution in [0.5, 0.6) is 0 Å². The Bertz CT molecular complexity index is 1710. The largest absolute Gasteiger partial charge is 0.477 e. The van der Waals surface area contributed by atoms with Gasteiger partial charge in [0.2, 0.25) is 0 Å². The molecule has 1 aliphatic rings. The molecule has 0 bridgehead atoms. The maximum absolute atomic E-state index is 12.4. The first-order valence-corrected chi connectivity index (χ1v) is 14.1. The third-order valence-corrected chi connectivity index (χ3v) is 8.91. The Morgan fingerprint density at radius 2 is 1.82 bits per heavy atom. The van der Waals surface area contributed by atoms with Gasteiger partial charge in [0.15, 0.2) is 0 Å². The van der Waals surface area contributed by atoms with Crippen molar-refractivity contribution >= 4 is 44.2 Å². The highest BCUT2D eigenvalue weighted by atomic mass is 32.1. The maximum Gasteiger partial charge on any atom is 0.345 e. The van der Waals surface area contributed by atoms with E-state index in [1.54, 1.807) is 13.0 Å². The smallest absolute Gasteiger partial charge is 0.345 e. The molecule has 0 spiro atoms. The van der Waals surface area contributed by atoms with Crippen molar-refractivity contribution in [2.75, 3.05) is 0 Å². The molecule has 3 heterocycles. The summed E-state index contributed by atoms with van der Waals surface area (Å²) in [6.07, 6.45) is 5.75. The van der Waals surface area contributed by atoms with Gasteiger partial charge in [-0.05, 0) is 73.6 Å². The van der Waals surface area contributed by atoms with E-state index in [0.717, 1.165) is 56.5 Å². The number of thiophene rings is 1. The van der Waals surface area contributed by atoms with Gasteiger partial charge < -0.3 is 9.67 Å². The van der Waals surface area contributed by atoms with Gasteiger partial charge in [0.25, 0.3) is 0 Å². The van der Waals surface area contributed by atoms with Gasteiger partial charge in [-0.2, -0.15) is 0 Å². The van der Waals surface area contributed by atoms with Crippen LogP contribution in [0.15, 0.2) is 60.7 Å². The van der Waals surface area contributed by atoms with Crippen LogP contribution in [0.2, 0.25) is 0 Å². The highest BCUT2D eigenvalue weighted by molar-refractivity contribution is 7.21. The number of carbonyl (C=O) groups is 2. The number of aromatic nitrogens is 2. The summed E-state index contributed by atoms with van der Waals surface area (Å²) < 4.78 is 3.07. The first kappa shape index (κ1) is 24.6. The fraction of sp³-hybridized carbons (Fsp3) is 0.281. The Morgan fingerprint density at radius 1 is 1.03 bits per heavy atom. The van der Waals surface area contributed by atoms with E-state index in [-0.39, 0.29) is 12.3 Å². The fourth-order valence-corrected chi connectivity index (χ4v) is 7.13. The molecular weight excluding hydrogens is 492 g/mol. The Kier molecular flexibility index (Phi) is 6.36. The van der Waals surface area contributed by atoms with Gasteiger partial charge in [0.05, 0.1) is 33.7 Å². The molecule has 1 aliphatic carbocycles. The minimum atomic E-state index is -0.919. The molecule has 6 rings (SSSR count). The molecule has 0 amide bonds. The molecule has 0 aliphatic heterocycles. The molecule has 2 aromatic carbocycles.